The van der Waals surface area contributed by atoms with Crippen LogP contribution in [-0.4, -0.2) is 13.0 Å². The summed E-state index contributed by atoms with van der Waals surface area (Å²) in [6.45, 7) is 0. The Kier molecular flexibility index (Phi) is 1.77. The average molecular weight is 175 g/mol. The quantitative estimate of drug-likeness (QED) is 0.718. The fourth-order valence-electron chi connectivity index (χ4n) is 1.25. The highest BCUT2D eigenvalue weighted by Gasteiger charge is 2.04. The Labute approximate surface area is 75.3 Å². The van der Waals surface area contributed by atoms with Gasteiger partial charge in [0.05, 0.1) is 6.26 Å². The molecule has 0 bridgehead atoms. The Morgan fingerprint density at radius 3 is 3.00 bits per heavy atom. The van der Waals surface area contributed by atoms with Crippen LogP contribution in [0.1, 0.15) is 10.4 Å². The Morgan fingerprint density at radius 2 is 2.23 bits per heavy atom. The van der Waals surface area contributed by atoms with Crippen molar-refractivity contribution < 1.29 is 9.21 Å². The number of fused-ring (bicyclic) bond motifs is 1. The van der Waals surface area contributed by atoms with Gasteiger partial charge in [-0.1, -0.05) is 0 Å². The van der Waals surface area contributed by atoms with E-state index in [2.05, 4.69) is 5.32 Å². The van der Waals surface area contributed by atoms with E-state index in [0.29, 0.717) is 5.56 Å². The third-order valence-electron chi connectivity index (χ3n) is 1.94. The van der Waals surface area contributed by atoms with Gasteiger partial charge in [0.1, 0.15) is 5.58 Å². The zero-order valence-electron chi connectivity index (χ0n) is 7.20. The Hall–Kier alpha value is -1.77. The van der Waals surface area contributed by atoms with Crippen molar-refractivity contribution in [1.82, 2.24) is 5.32 Å². The van der Waals surface area contributed by atoms with E-state index in [1.54, 1.807) is 31.5 Å². The summed E-state index contributed by atoms with van der Waals surface area (Å²) in [4.78, 5) is 11.2. The molecular formula is C10H9NO2. The van der Waals surface area contributed by atoms with E-state index in [1.165, 1.54) is 0 Å². The van der Waals surface area contributed by atoms with Gasteiger partial charge < -0.3 is 9.73 Å². The third-order valence-corrected chi connectivity index (χ3v) is 1.94. The Bertz CT molecular complexity index is 445. The molecule has 66 valence electrons. The lowest BCUT2D eigenvalue weighted by Crippen LogP contribution is -2.17. The molecule has 1 N–H and O–H groups in total. The highest BCUT2D eigenvalue weighted by atomic mass is 16.3. The van der Waals surface area contributed by atoms with Crippen LogP contribution in [0.25, 0.3) is 11.0 Å². The first-order valence-corrected chi connectivity index (χ1v) is 4.00. The normalized spacial score (nSPS) is 10.2. The lowest BCUT2D eigenvalue weighted by atomic mass is 10.1. The minimum absolute atomic E-state index is 0.0805. The molecule has 0 aliphatic rings. The van der Waals surface area contributed by atoms with E-state index < -0.39 is 0 Å². The molecule has 1 aromatic carbocycles. The maximum Gasteiger partial charge on any atom is 0.251 e. The van der Waals surface area contributed by atoms with Crippen LogP contribution >= 0.6 is 0 Å². The van der Waals surface area contributed by atoms with Crippen molar-refractivity contribution in [1.29, 1.82) is 0 Å². The molecule has 0 spiro atoms. The van der Waals surface area contributed by atoms with Gasteiger partial charge in [-0.15, -0.1) is 0 Å². The number of carbonyl (C=O) groups excluding carboxylic acids is 1. The zero-order chi connectivity index (χ0) is 9.26. The standard InChI is InChI=1S/C10H9NO2/c1-11-10(12)8-2-3-9-7(6-8)4-5-13-9/h2-6H,1H3,(H,11,12). The average Bonchev–Trinajstić information content (AvgIpc) is 2.63. The minimum atomic E-state index is -0.0805. The van der Waals surface area contributed by atoms with Crippen LogP contribution in [0.2, 0.25) is 0 Å². The number of carbonyl (C=O) groups is 1. The van der Waals surface area contributed by atoms with E-state index in [9.17, 15) is 4.79 Å². The van der Waals surface area contributed by atoms with Gasteiger partial charge in [-0.05, 0) is 24.3 Å². The molecule has 1 amide bonds. The number of nitrogens with one attached hydrogen (secondary N) is 1. The van der Waals surface area contributed by atoms with Crippen molar-refractivity contribution in [3.63, 3.8) is 0 Å². The molecule has 0 saturated carbocycles. The smallest absolute Gasteiger partial charge is 0.251 e. The number of hydrogen-bond acceptors (Lipinski definition) is 2. The van der Waals surface area contributed by atoms with Crippen LogP contribution in [0.3, 0.4) is 0 Å². The summed E-state index contributed by atoms with van der Waals surface area (Å²) in [5.74, 6) is -0.0805. The summed E-state index contributed by atoms with van der Waals surface area (Å²) in [5, 5.41) is 3.51. The van der Waals surface area contributed by atoms with Gasteiger partial charge in [-0.2, -0.15) is 0 Å². The number of amides is 1. The molecular weight excluding hydrogens is 166 g/mol. The second-order valence-corrected chi connectivity index (χ2v) is 2.75. The predicted octanol–water partition coefficient (Wildman–Crippen LogP) is 1.79. The first-order valence-electron chi connectivity index (χ1n) is 4.00. The van der Waals surface area contributed by atoms with Crippen molar-refractivity contribution in [2.45, 2.75) is 0 Å². The lowest BCUT2D eigenvalue weighted by molar-refractivity contribution is 0.0963. The van der Waals surface area contributed by atoms with Crippen LogP contribution in [0.15, 0.2) is 34.9 Å². The molecule has 13 heavy (non-hydrogen) atoms. The van der Waals surface area contributed by atoms with Gasteiger partial charge in [-0.3, -0.25) is 4.79 Å². The summed E-state index contributed by atoms with van der Waals surface area (Å²) in [6.07, 6.45) is 1.61. The van der Waals surface area contributed by atoms with Gasteiger partial charge in [0.15, 0.2) is 0 Å². The van der Waals surface area contributed by atoms with Gasteiger partial charge in [0, 0.05) is 18.0 Å². The maximum absolute atomic E-state index is 11.2. The summed E-state index contributed by atoms with van der Waals surface area (Å²) < 4.78 is 5.15. The van der Waals surface area contributed by atoms with Crippen LogP contribution in [0, 0.1) is 0 Å². The zero-order valence-corrected chi connectivity index (χ0v) is 7.20. The maximum atomic E-state index is 11.2. The lowest BCUT2D eigenvalue weighted by Gasteiger charge is -1.98. The number of rotatable bonds is 1. The molecule has 0 aliphatic carbocycles. The van der Waals surface area contributed by atoms with Crippen LogP contribution in [0.5, 0.6) is 0 Å². The molecule has 0 aliphatic heterocycles. The summed E-state index contributed by atoms with van der Waals surface area (Å²) in [6, 6.07) is 7.17. The largest absolute Gasteiger partial charge is 0.464 e. The highest BCUT2D eigenvalue weighted by molar-refractivity contribution is 5.97. The molecule has 2 aromatic rings. The van der Waals surface area contributed by atoms with Crippen molar-refractivity contribution in [2.24, 2.45) is 0 Å². The van der Waals surface area contributed by atoms with Gasteiger partial charge >= 0.3 is 0 Å². The second kappa shape index (κ2) is 2.94. The molecule has 0 radical (unpaired) electrons. The number of furan rings is 1. The van der Waals surface area contributed by atoms with Crippen molar-refractivity contribution in [2.75, 3.05) is 7.05 Å². The van der Waals surface area contributed by atoms with E-state index in [-0.39, 0.29) is 5.91 Å². The molecule has 0 saturated heterocycles. The number of hydrogen-bond donors (Lipinski definition) is 1. The van der Waals surface area contributed by atoms with Crippen LogP contribution in [0.4, 0.5) is 0 Å². The van der Waals surface area contributed by atoms with Crippen molar-refractivity contribution in [3.05, 3.63) is 36.1 Å². The molecule has 0 atom stereocenters. The highest BCUT2D eigenvalue weighted by Crippen LogP contribution is 2.16. The molecule has 2 rings (SSSR count). The summed E-state index contributed by atoms with van der Waals surface area (Å²) in [7, 11) is 1.61. The van der Waals surface area contributed by atoms with E-state index in [0.717, 1.165) is 11.0 Å². The molecule has 1 heterocycles. The SMILES string of the molecule is CNC(=O)c1ccc2occc2c1. The minimum Gasteiger partial charge on any atom is -0.464 e. The monoisotopic (exact) mass is 175 g/mol. The van der Waals surface area contributed by atoms with Gasteiger partial charge in [-0.25, -0.2) is 0 Å². The Morgan fingerprint density at radius 1 is 1.38 bits per heavy atom. The summed E-state index contributed by atoms with van der Waals surface area (Å²) >= 11 is 0. The molecule has 0 fully saturated rings. The predicted molar refractivity (Wildman–Crippen MR) is 49.6 cm³/mol. The van der Waals surface area contributed by atoms with Crippen LogP contribution < -0.4 is 5.32 Å². The first kappa shape index (κ1) is 7.86. The molecule has 1 aromatic heterocycles. The Balaban J connectivity index is 2.54. The van der Waals surface area contributed by atoms with Crippen LogP contribution in [-0.2, 0) is 0 Å². The molecule has 3 heteroatoms. The van der Waals surface area contributed by atoms with Gasteiger partial charge in [0.25, 0.3) is 5.91 Å². The molecule has 3 nitrogen and oxygen atoms in total. The first-order chi connectivity index (χ1) is 6.31. The molecule has 0 unspecified atom stereocenters. The second-order valence-electron chi connectivity index (χ2n) is 2.75. The van der Waals surface area contributed by atoms with E-state index >= 15 is 0 Å². The van der Waals surface area contributed by atoms with E-state index in [1.807, 2.05) is 6.07 Å². The van der Waals surface area contributed by atoms with Crippen molar-refractivity contribution in [3.8, 4) is 0 Å². The van der Waals surface area contributed by atoms with E-state index in [4.69, 9.17) is 4.42 Å². The van der Waals surface area contributed by atoms with Gasteiger partial charge in [0.2, 0.25) is 0 Å². The van der Waals surface area contributed by atoms with Crippen molar-refractivity contribution >= 4 is 16.9 Å². The topological polar surface area (TPSA) is 42.2 Å². The third kappa shape index (κ3) is 1.28. The fourth-order valence-corrected chi connectivity index (χ4v) is 1.25. The number of benzene rings is 1. The summed E-state index contributed by atoms with van der Waals surface area (Å²) in [5.41, 5.74) is 1.45. The fraction of sp³-hybridized carbons (Fsp3) is 0.100.